The maximum Gasteiger partial charge on any atom is 0.170 e. The molecular formula is C15H23FN2O2. The Bertz CT molecular complexity index is 467. The van der Waals surface area contributed by atoms with Gasteiger partial charge in [0.1, 0.15) is 0 Å². The van der Waals surface area contributed by atoms with Gasteiger partial charge in [-0.05, 0) is 25.9 Å². The van der Waals surface area contributed by atoms with E-state index in [1.54, 1.807) is 13.2 Å². The summed E-state index contributed by atoms with van der Waals surface area (Å²) in [6.07, 6.45) is 0.937. The summed E-state index contributed by atoms with van der Waals surface area (Å²) in [6, 6.07) is 3.88. The van der Waals surface area contributed by atoms with Gasteiger partial charge >= 0.3 is 0 Å². The van der Waals surface area contributed by atoms with E-state index in [-0.39, 0.29) is 18.5 Å². The fourth-order valence-electron chi connectivity index (χ4n) is 2.99. The monoisotopic (exact) mass is 282 g/mol. The fraction of sp³-hybridized carbons (Fsp3) is 0.600. The van der Waals surface area contributed by atoms with Crippen LogP contribution in [0.5, 0.6) is 5.75 Å². The number of likely N-dealkylation sites (tertiary alicyclic amines) is 1. The van der Waals surface area contributed by atoms with Crippen LogP contribution in [0.15, 0.2) is 12.1 Å². The van der Waals surface area contributed by atoms with Gasteiger partial charge in [0.25, 0.3) is 0 Å². The average Bonchev–Trinajstić information content (AvgIpc) is 2.82. The van der Waals surface area contributed by atoms with Gasteiger partial charge in [-0.1, -0.05) is 12.1 Å². The van der Waals surface area contributed by atoms with Crippen LogP contribution < -0.4 is 10.5 Å². The highest BCUT2D eigenvalue weighted by Crippen LogP contribution is 2.40. The Hall–Kier alpha value is -1.17. The number of nitrogens with zero attached hydrogens (tertiary/aromatic N) is 1. The number of nitrogens with two attached hydrogens (primary N) is 1. The maximum atomic E-state index is 14.4. The zero-order valence-electron chi connectivity index (χ0n) is 12.4. The van der Waals surface area contributed by atoms with Crippen molar-refractivity contribution in [2.75, 3.05) is 34.4 Å². The van der Waals surface area contributed by atoms with Crippen molar-refractivity contribution in [2.45, 2.75) is 19.1 Å². The first-order valence-electron chi connectivity index (χ1n) is 6.86. The molecule has 0 radical (unpaired) electrons. The molecule has 2 atom stereocenters. The molecule has 5 heteroatoms. The Balaban J connectivity index is 2.34. The van der Waals surface area contributed by atoms with Crippen LogP contribution in [0.3, 0.4) is 0 Å². The topological polar surface area (TPSA) is 47.7 Å². The summed E-state index contributed by atoms with van der Waals surface area (Å²) in [4.78, 5) is 2.21. The maximum absolute atomic E-state index is 14.4. The van der Waals surface area contributed by atoms with Gasteiger partial charge in [-0.25, -0.2) is 4.39 Å². The molecule has 1 saturated heterocycles. The van der Waals surface area contributed by atoms with E-state index >= 15 is 0 Å². The molecule has 1 aliphatic rings. The van der Waals surface area contributed by atoms with Crippen molar-refractivity contribution in [2.24, 2.45) is 11.7 Å². The van der Waals surface area contributed by atoms with E-state index < -0.39 is 0 Å². The average molecular weight is 282 g/mol. The molecule has 1 heterocycles. The Morgan fingerprint density at radius 3 is 2.70 bits per heavy atom. The molecule has 0 bridgehead atoms. The third kappa shape index (κ3) is 2.80. The van der Waals surface area contributed by atoms with Crippen LogP contribution in [-0.2, 0) is 11.3 Å². The number of ether oxygens (including phenoxy) is 2. The second-order valence-corrected chi connectivity index (χ2v) is 5.39. The van der Waals surface area contributed by atoms with E-state index in [1.165, 1.54) is 7.11 Å². The number of hydrogen-bond donors (Lipinski definition) is 1. The normalized spacial score (nSPS) is 23.2. The van der Waals surface area contributed by atoms with Crippen LogP contribution in [0, 0.1) is 11.7 Å². The third-order valence-corrected chi connectivity index (χ3v) is 4.04. The van der Waals surface area contributed by atoms with Crippen LogP contribution in [0.25, 0.3) is 0 Å². The molecule has 2 rings (SSSR count). The van der Waals surface area contributed by atoms with Gasteiger partial charge in [0.05, 0.1) is 13.7 Å². The number of methoxy groups -OCH3 is 2. The predicted molar refractivity (Wildman–Crippen MR) is 76.2 cm³/mol. The van der Waals surface area contributed by atoms with Crippen molar-refractivity contribution in [3.05, 3.63) is 29.1 Å². The standard InChI is InChI=1S/C15H23FN2O2/c1-18-8-10(7-17)6-13(18)12-5-4-11(9-19-2)14(16)15(12)20-3/h4-5,10,13H,6-9,17H2,1-3H3. The van der Waals surface area contributed by atoms with Crippen molar-refractivity contribution in [1.29, 1.82) is 0 Å². The lowest BCUT2D eigenvalue weighted by Gasteiger charge is -2.23. The number of hydrogen-bond acceptors (Lipinski definition) is 4. The summed E-state index contributed by atoms with van der Waals surface area (Å²) in [6.45, 7) is 1.84. The van der Waals surface area contributed by atoms with Crippen molar-refractivity contribution >= 4 is 0 Å². The van der Waals surface area contributed by atoms with Crippen LogP contribution in [0.4, 0.5) is 4.39 Å². The summed E-state index contributed by atoms with van der Waals surface area (Å²) >= 11 is 0. The SMILES string of the molecule is COCc1ccc(C2CC(CN)CN2C)c(OC)c1F. The lowest BCUT2D eigenvalue weighted by atomic mass is 9.97. The second kappa shape index (κ2) is 6.52. The molecule has 0 spiro atoms. The molecule has 1 aromatic rings. The Morgan fingerprint density at radius 1 is 1.40 bits per heavy atom. The summed E-state index contributed by atoms with van der Waals surface area (Å²) in [7, 11) is 5.10. The smallest absolute Gasteiger partial charge is 0.170 e. The second-order valence-electron chi connectivity index (χ2n) is 5.39. The quantitative estimate of drug-likeness (QED) is 0.896. The highest BCUT2D eigenvalue weighted by molar-refractivity contribution is 5.41. The van der Waals surface area contributed by atoms with Gasteiger partial charge in [-0.15, -0.1) is 0 Å². The minimum atomic E-state index is -0.323. The van der Waals surface area contributed by atoms with Gasteiger partial charge in [0, 0.05) is 30.8 Å². The van der Waals surface area contributed by atoms with Crippen LogP contribution >= 0.6 is 0 Å². The molecule has 1 aromatic carbocycles. The Labute approximate surface area is 119 Å². The largest absolute Gasteiger partial charge is 0.493 e. The molecule has 0 aromatic heterocycles. The molecule has 0 aliphatic carbocycles. The van der Waals surface area contributed by atoms with Gasteiger partial charge in [0.2, 0.25) is 0 Å². The molecule has 2 N–H and O–H groups in total. The Kier molecular flexibility index (Phi) is 4.96. The zero-order chi connectivity index (χ0) is 14.7. The van der Waals surface area contributed by atoms with Crippen molar-refractivity contribution < 1.29 is 13.9 Å². The van der Waals surface area contributed by atoms with Crippen molar-refractivity contribution in [1.82, 2.24) is 4.90 Å². The predicted octanol–water partition coefficient (Wildman–Crippen LogP) is 1.93. The molecule has 20 heavy (non-hydrogen) atoms. The molecule has 0 saturated carbocycles. The number of halogens is 1. The van der Waals surface area contributed by atoms with Crippen molar-refractivity contribution in [3.8, 4) is 5.75 Å². The summed E-state index contributed by atoms with van der Waals surface area (Å²) in [5.41, 5.74) is 7.16. The molecular weight excluding hydrogens is 259 g/mol. The van der Waals surface area contributed by atoms with E-state index in [9.17, 15) is 4.39 Å². The Morgan fingerprint density at radius 2 is 2.15 bits per heavy atom. The fourth-order valence-corrected chi connectivity index (χ4v) is 2.99. The van der Waals surface area contributed by atoms with E-state index in [0.717, 1.165) is 18.5 Å². The molecule has 0 amide bonds. The molecule has 2 unspecified atom stereocenters. The van der Waals surface area contributed by atoms with Gasteiger partial charge in [-0.3, -0.25) is 4.90 Å². The number of benzene rings is 1. The summed E-state index contributed by atoms with van der Waals surface area (Å²) in [5.74, 6) is 0.460. The van der Waals surface area contributed by atoms with E-state index in [1.807, 2.05) is 13.1 Å². The number of rotatable bonds is 5. The highest BCUT2D eigenvalue weighted by Gasteiger charge is 2.32. The molecule has 1 aliphatic heterocycles. The first-order valence-corrected chi connectivity index (χ1v) is 6.86. The van der Waals surface area contributed by atoms with Gasteiger partial charge in [0.15, 0.2) is 11.6 Å². The third-order valence-electron chi connectivity index (χ3n) is 4.04. The van der Waals surface area contributed by atoms with E-state index in [0.29, 0.717) is 23.8 Å². The highest BCUT2D eigenvalue weighted by atomic mass is 19.1. The summed E-state index contributed by atoms with van der Waals surface area (Å²) < 4.78 is 24.7. The zero-order valence-corrected chi connectivity index (χ0v) is 12.4. The molecule has 112 valence electrons. The lowest BCUT2D eigenvalue weighted by Crippen LogP contribution is -2.21. The first-order chi connectivity index (χ1) is 9.62. The lowest BCUT2D eigenvalue weighted by molar-refractivity contribution is 0.180. The van der Waals surface area contributed by atoms with E-state index in [4.69, 9.17) is 15.2 Å². The van der Waals surface area contributed by atoms with Gasteiger partial charge < -0.3 is 15.2 Å². The molecule has 4 nitrogen and oxygen atoms in total. The van der Waals surface area contributed by atoms with Crippen LogP contribution in [0.2, 0.25) is 0 Å². The van der Waals surface area contributed by atoms with Crippen LogP contribution in [-0.4, -0.2) is 39.3 Å². The van der Waals surface area contributed by atoms with E-state index in [2.05, 4.69) is 4.90 Å². The minimum absolute atomic E-state index is 0.157. The minimum Gasteiger partial charge on any atom is -0.493 e. The van der Waals surface area contributed by atoms with Crippen molar-refractivity contribution in [3.63, 3.8) is 0 Å². The molecule has 1 fully saturated rings. The van der Waals surface area contributed by atoms with Gasteiger partial charge in [-0.2, -0.15) is 0 Å². The van der Waals surface area contributed by atoms with Crippen LogP contribution in [0.1, 0.15) is 23.6 Å². The summed E-state index contributed by atoms with van der Waals surface area (Å²) in [5, 5.41) is 0. The first kappa shape index (κ1) is 15.2.